The van der Waals surface area contributed by atoms with Crippen molar-refractivity contribution < 1.29 is 4.79 Å². The molecule has 0 aliphatic carbocycles. The van der Waals surface area contributed by atoms with Crippen LogP contribution in [0.2, 0.25) is 0 Å². The number of nitrogens with zero attached hydrogens (tertiary/aromatic N) is 2. The van der Waals surface area contributed by atoms with Crippen molar-refractivity contribution in [3.05, 3.63) is 43.0 Å². The highest BCUT2D eigenvalue weighted by Crippen LogP contribution is 2.19. The highest BCUT2D eigenvalue weighted by atomic mass is 16.1. The minimum Gasteiger partial charge on any atom is -0.324 e. The number of para-hydroxylation sites is 2. The molecule has 0 spiro atoms. The Bertz CT molecular complexity index is 520. The third-order valence-electron chi connectivity index (χ3n) is 2.97. The van der Waals surface area contributed by atoms with Gasteiger partial charge in [-0.25, -0.2) is 4.98 Å². The second-order valence-electron chi connectivity index (χ2n) is 4.49. The van der Waals surface area contributed by atoms with Crippen molar-refractivity contribution in [3.63, 3.8) is 0 Å². The lowest BCUT2D eigenvalue weighted by Gasteiger charge is -2.11. The first-order valence-corrected chi connectivity index (χ1v) is 6.68. The molecule has 1 N–H and O–H groups in total. The molecule has 0 unspecified atom stereocenters. The van der Waals surface area contributed by atoms with Gasteiger partial charge in [0.15, 0.2) is 0 Å². The molecule has 2 aromatic rings. The number of carbonyl (C=O) groups is 1. The molecule has 19 heavy (non-hydrogen) atoms. The quantitative estimate of drug-likeness (QED) is 0.806. The van der Waals surface area contributed by atoms with E-state index in [0.29, 0.717) is 6.42 Å². The van der Waals surface area contributed by atoms with Gasteiger partial charge in [0.2, 0.25) is 5.91 Å². The van der Waals surface area contributed by atoms with E-state index in [1.54, 1.807) is 12.5 Å². The summed E-state index contributed by atoms with van der Waals surface area (Å²) in [7, 11) is 0. The lowest BCUT2D eigenvalue weighted by atomic mass is 10.2. The van der Waals surface area contributed by atoms with Crippen LogP contribution < -0.4 is 5.32 Å². The molecule has 0 saturated heterocycles. The second kappa shape index (κ2) is 6.73. The fraction of sp³-hybridized carbons (Fsp3) is 0.333. The Morgan fingerprint density at radius 2 is 2.16 bits per heavy atom. The zero-order valence-electron chi connectivity index (χ0n) is 11.2. The first kappa shape index (κ1) is 13.3. The molecule has 4 heteroatoms. The Balaban J connectivity index is 2.06. The lowest BCUT2D eigenvalue weighted by Crippen LogP contribution is -2.12. The largest absolute Gasteiger partial charge is 0.324 e. The van der Waals surface area contributed by atoms with Crippen LogP contribution in [0.4, 0.5) is 5.69 Å². The number of benzene rings is 1. The van der Waals surface area contributed by atoms with Crippen molar-refractivity contribution in [1.82, 2.24) is 9.55 Å². The monoisotopic (exact) mass is 257 g/mol. The van der Waals surface area contributed by atoms with Crippen LogP contribution in [0, 0.1) is 0 Å². The maximum absolute atomic E-state index is 11.9. The summed E-state index contributed by atoms with van der Waals surface area (Å²) in [5, 5.41) is 2.97. The lowest BCUT2D eigenvalue weighted by molar-refractivity contribution is -0.116. The molecule has 2 rings (SSSR count). The number of imidazole rings is 1. The second-order valence-corrected chi connectivity index (χ2v) is 4.49. The summed E-state index contributed by atoms with van der Waals surface area (Å²) >= 11 is 0. The molecule has 4 nitrogen and oxygen atoms in total. The molecule has 100 valence electrons. The van der Waals surface area contributed by atoms with E-state index in [4.69, 9.17) is 0 Å². The van der Waals surface area contributed by atoms with Gasteiger partial charge >= 0.3 is 0 Å². The zero-order chi connectivity index (χ0) is 13.5. The summed E-state index contributed by atoms with van der Waals surface area (Å²) in [4.78, 5) is 15.9. The maximum atomic E-state index is 11.9. The number of anilines is 1. The van der Waals surface area contributed by atoms with Gasteiger partial charge in [0, 0.05) is 18.8 Å². The maximum Gasteiger partial charge on any atom is 0.224 e. The first-order chi connectivity index (χ1) is 9.31. The van der Waals surface area contributed by atoms with E-state index >= 15 is 0 Å². The number of amides is 1. The normalized spacial score (nSPS) is 10.4. The highest BCUT2D eigenvalue weighted by molar-refractivity contribution is 5.92. The van der Waals surface area contributed by atoms with E-state index in [2.05, 4.69) is 17.2 Å². The minimum absolute atomic E-state index is 0.0704. The molecular weight excluding hydrogens is 238 g/mol. The van der Waals surface area contributed by atoms with Gasteiger partial charge in [0.25, 0.3) is 0 Å². The first-order valence-electron chi connectivity index (χ1n) is 6.68. The van der Waals surface area contributed by atoms with E-state index < -0.39 is 0 Å². The third-order valence-corrected chi connectivity index (χ3v) is 2.97. The molecule has 1 aromatic carbocycles. The zero-order valence-corrected chi connectivity index (χ0v) is 11.2. The molecule has 1 amide bonds. The summed E-state index contributed by atoms with van der Waals surface area (Å²) in [5.41, 5.74) is 1.76. The topological polar surface area (TPSA) is 46.9 Å². The van der Waals surface area contributed by atoms with Crippen LogP contribution in [0.15, 0.2) is 43.0 Å². The van der Waals surface area contributed by atoms with E-state index in [-0.39, 0.29) is 5.91 Å². The fourth-order valence-corrected chi connectivity index (χ4v) is 1.95. The van der Waals surface area contributed by atoms with E-state index in [9.17, 15) is 4.79 Å². The summed E-state index contributed by atoms with van der Waals surface area (Å²) in [6.45, 7) is 2.13. The Hall–Kier alpha value is -2.10. The van der Waals surface area contributed by atoms with Gasteiger partial charge in [-0.05, 0) is 18.6 Å². The molecule has 0 atom stereocenters. The smallest absolute Gasteiger partial charge is 0.224 e. The van der Waals surface area contributed by atoms with Gasteiger partial charge in [0.05, 0.1) is 17.7 Å². The number of hydrogen-bond donors (Lipinski definition) is 1. The Labute approximate surface area is 113 Å². The van der Waals surface area contributed by atoms with Crippen LogP contribution in [0.3, 0.4) is 0 Å². The molecule has 0 aliphatic rings. The fourth-order valence-electron chi connectivity index (χ4n) is 1.95. The van der Waals surface area contributed by atoms with E-state index in [1.165, 1.54) is 0 Å². The van der Waals surface area contributed by atoms with Crippen LogP contribution in [0.5, 0.6) is 0 Å². The average molecular weight is 257 g/mol. The van der Waals surface area contributed by atoms with Crippen LogP contribution >= 0.6 is 0 Å². The summed E-state index contributed by atoms with van der Waals surface area (Å²) in [5.74, 6) is 0.0704. The number of aromatic nitrogens is 2. The van der Waals surface area contributed by atoms with Crippen molar-refractivity contribution in [2.45, 2.75) is 32.6 Å². The Morgan fingerprint density at radius 1 is 1.32 bits per heavy atom. The summed E-state index contributed by atoms with van der Waals surface area (Å²) < 4.78 is 1.89. The number of hydrogen-bond acceptors (Lipinski definition) is 2. The van der Waals surface area contributed by atoms with E-state index in [0.717, 1.165) is 30.6 Å². The van der Waals surface area contributed by atoms with Gasteiger partial charge in [0.1, 0.15) is 0 Å². The van der Waals surface area contributed by atoms with Crippen LogP contribution in [0.1, 0.15) is 32.6 Å². The van der Waals surface area contributed by atoms with Crippen molar-refractivity contribution in [2.75, 3.05) is 5.32 Å². The molecule has 1 heterocycles. The molecule has 0 saturated carbocycles. The average Bonchev–Trinajstić information content (AvgIpc) is 2.93. The number of unbranched alkanes of at least 4 members (excludes halogenated alkanes) is 2. The van der Waals surface area contributed by atoms with Crippen molar-refractivity contribution in [1.29, 1.82) is 0 Å². The molecular formula is C15H19N3O. The predicted molar refractivity (Wildman–Crippen MR) is 76.3 cm³/mol. The van der Waals surface area contributed by atoms with Gasteiger partial charge < -0.3 is 9.88 Å². The van der Waals surface area contributed by atoms with Gasteiger partial charge in [-0.1, -0.05) is 31.9 Å². The molecule has 0 fully saturated rings. The predicted octanol–water partition coefficient (Wildman–Crippen LogP) is 3.39. The number of nitrogens with one attached hydrogen (secondary N) is 1. The minimum atomic E-state index is 0.0704. The number of rotatable bonds is 6. The van der Waals surface area contributed by atoms with Crippen LogP contribution in [-0.4, -0.2) is 15.5 Å². The van der Waals surface area contributed by atoms with Gasteiger partial charge in [-0.15, -0.1) is 0 Å². The van der Waals surface area contributed by atoms with Gasteiger partial charge in [-0.2, -0.15) is 0 Å². The van der Waals surface area contributed by atoms with Crippen LogP contribution in [-0.2, 0) is 4.79 Å². The number of carbonyl (C=O) groups excluding carboxylic acids is 1. The van der Waals surface area contributed by atoms with Gasteiger partial charge in [-0.3, -0.25) is 4.79 Å². The van der Waals surface area contributed by atoms with Crippen molar-refractivity contribution in [2.24, 2.45) is 0 Å². The Morgan fingerprint density at radius 3 is 2.89 bits per heavy atom. The van der Waals surface area contributed by atoms with Crippen LogP contribution in [0.25, 0.3) is 5.69 Å². The molecule has 0 radical (unpaired) electrons. The Kier molecular flexibility index (Phi) is 4.72. The molecule has 0 aliphatic heterocycles. The molecule has 1 aromatic heterocycles. The highest BCUT2D eigenvalue weighted by Gasteiger charge is 2.07. The van der Waals surface area contributed by atoms with Crippen molar-refractivity contribution in [3.8, 4) is 5.69 Å². The summed E-state index contributed by atoms with van der Waals surface area (Å²) in [6, 6.07) is 7.74. The van der Waals surface area contributed by atoms with E-state index in [1.807, 2.05) is 35.0 Å². The standard InChI is InChI=1S/C15H19N3O/c1-2-3-4-9-15(19)17-13-7-5-6-8-14(13)18-11-10-16-12-18/h5-8,10-12H,2-4,9H2,1H3,(H,17,19). The SMILES string of the molecule is CCCCCC(=O)Nc1ccccc1-n1ccnc1. The molecule has 0 bridgehead atoms. The van der Waals surface area contributed by atoms with Crippen molar-refractivity contribution >= 4 is 11.6 Å². The summed E-state index contributed by atoms with van der Waals surface area (Å²) in [6.07, 6.45) is 9.04. The third kappa shape index (κ3) is 3.68.